The standard InChI is InChI=1S/C8H16F3O2P/c1-3-5-6-13-14(12,4-2)7-8(9,10)11/h3-7H2,1-2H3. The summed E-state index contributed by atoms with van der Waals surface area (Å²) >= 11 is 0. The van der Waals surface area contributed by atoms with Gasteiger partial charge in [-0.2, -0.15) is 13.2 Å². The Labute approximate surface area is 82.3 Å². The minimum atomic E-state index is -4.41. The molecule has 2 nitrogen and oxygen atoms in total. The van der Waals surface area contributed by atoms with Crippen molar-refractivity contribution in [3.05, 3.63) is 0 Å². The first-order valence-electron chi connectivity index (χ1n) is 4.62. The number of alkyl halides is 3. The Morgan fingerprint density at radius 3 is 2.21 bits per heavy atom. The van der Waals surface area contributed by atoms with E-state index in [-0.39, 0.29) is 12.8 Å². The summed E-state index contributed by atoms with van der Waals surface area (Å²) in [7, 11) is -3.48. The molecule has 0 rings (SSSR count). The highest BCUT2D eigenvalue weighted by Gasteiger charge is 2.38. The number of hydrogen-bond acceptors (Lipinski definition) is 2. The smallest absolute Gasteiger partial charge is 0.328 e. The van der Waals surface area contributed by atoms with Crippen molar-refractivity contribution in [3.63, 3.8) is 0 Å². The molecule has 0 radical (unpaired) electrons. The SMILES string of the molecule is CCCCOP(=O)(CC)CC(F)(F)F. The number of hydrogen-bond donors (Lipinski definition) is 0. The Morgan fingerprint density at radius 1 is 1.29 bits per heavy atom. The quantitative estimate of drug-likeness (QED) is 0.516. The first-order chi connectivity index (χ1) is 6.33. The molecule has 0 heterocycles. The van der Waals surface area contributed by atoms with Crippen LogP contribution in [0.3, 0.4) is 0 Å². The van der Waals surface area contributed by atoms with Crippen molar-refractivity contribution in [1.82, 2.24) is 0 Å². The molecule has 0 N–H and O–H groups in total. The Kier molecular flexibility index (Phi) is 5.75. The van der Waals surface area contributed by atoms with Gasteiger partial charge in [-0.3, -0.25) is 4.57 Å². The predicted octanol–water partition coefficient (Wildman–Crippen LogP) is 3.66. The minimum Gasteiger partial charge on any atom is -0.328 e. The van der Waals surface area contributed by atoms with Crippen molar-refractivity contribution in [1.29, 1.82) is 0 Å². The molecular formula is C8H16F3O2P. The van der Waals surface area contributed by atoms with Gasteiger partial charge in [-0.1, -0.05) is 20.3 Å². The molecule has 0 saturated carbocycles. The molecule has 0 aliphatic heterocycles. The number of rotatable bonds is 6. The Morgan fingerprint density at radius 2 is 1.86 bits per heavy atom. The van der Waals surface area contributed by atoms with Crippen LogP contribution < -0.4 is 0 Å². The first-order valence-corrected chi connectivity index (χ1v) is 6.62. The van der Waals surface area contributed by atoms with Crippen LogP contribution in [0.5, 0.6) is 0 Å². The van der Waals surface area contributed by atoms with E-state index >= 15 is 0 Å². The van der Waals surface area contributed by atoms with E-state index in [1.807, 2.05) is 6.92 Å². The van der Waals surface area contributed by atoms with E-state index in [9.17, 15) is 17.7 Å². The van der Waals surface area contributed by atoms with E-state index < -0.39 is 19.7 Å². The maximum Gasteiger partial charge on any atom is 0.397 e. The lowest BCUT2D eigenvalue weighted by Gasteiger charge is -2.18. The molecule has 1 unspecified atom stereocenters. The van der Waals surface area contributed by atoms with Gasteiger partial charge in [0, 0.05) is 6.16 Å². The fourth-order valence-electron chi connectivity index (χ4n) is 0.897. The molecule has 0 aromatic carbocycles. The molecule has 0 aliphatic carbocycles. The van der Waals surface area contributed by atoms with Crippen LogP contribution in [0.4, 0.5) is 13.2 Å². The van der Waals surface area contributed by atoms with Gasteiger partial charge in [0.05, 0.1) is 6.61 Å². The van der Waals surface area contributed by atoms with Gasteiger partial charge in [0.15, 0.2) is 0 Å². The average Bonchev–Trinajstić information content (AvgIpc) is 2.02. The molecule has 14 heavy (non-hydrogen) atoms. The monoisotopic (exact) mass is 232 g/mol. The van der Waals surface area contributed by atoms with Crippen LogP contribution in [0.25, 0.3) is 0 Å². The third-order valence-electron chi connectivity index (χ3n) is 1.73. The van der Waals surface area contributed by atoms with Crippen molar-refractivity contribution in [2.24, 2.45) is 0 Å². The molecule has 0 saturated heterocycles. The second-order valence-corrected chi connectivity index (χ2v) is 5.93. The topological polar surface area (TPSA) is 26.3 Å². The van der Waals surface area contributed by atoms with Gasteiger partial charge >= 0.3 is 6.18 Å². The highest BCUT2D eigenvalue weighted by Crippen LogP contribution is 2.50. The second-order valence-electron chi connectivity index (χ2n) is 3.09. The first kappa shape index (κ1) is 14.0. The lowest BCUT2D eigenvalue weighted by molar-refractivity contribution is -0.108. The third-order valence-corrected chi connectivity index (χ3v) is 4.18. The molecule has 0 fully saturated rings. The lowest BCUT2D eigenvalue weighted by Crippen LogP contribution is -2.16. The van der Waals surface area contributed by atoms with Crippen LogP contribution in [0.1, 0.15) is 26.7 Å². The molecule has 0 spiro atoms. The maximum atomic E-state index is 12.0. The Bertz CT molecular complexity index is 203. The molecule has 0 aromatic rings. The average molecular weight is 232 g/mol. The van der Waals surface area contributed by atoms with E-state index in [4.69, 9.17) is 4.52 Å². The second kappa shape index (κ2) is 5.76. The van der Waals surface area contributed by atoms with Crippen molar-refractivity contribution in [3.8, 4) is 0 Å². The Balaban J connectivity index is 4.12. The molecule has 0 aromatic heterocycles. The van der Waals surface area contributed by atoms with Gasteiger partial charge < -0.3 is 4.52 Å². The summed E-state index contributed by atoms with van der Waals surface area (Å²) in [6, 6.07) is 0. The van der Waals surface area contributed by atoms with E-state index in [2.05, 4.69) is 0 Å². The van der Waals surface area contributed by atoms with Crippen molar-refractivity contribution in [2.75, 3.05) is 18.9 Å². The summed E-state index contributed by atoms with van der Waals surface area (Å²) in [4.78, 5) is 0. The number of halogens is 3. The zero-order valence-electron chi connectivity index (χ0n) is 8.43. The van der Waals surface area contributed by atoms with Crippen molar-refractivity contribution >= 4 is 7.37 Å². The summed E-state index contributed by atoms with van der Waals surface area (Å²) in [5, 5.41) is 0. The van der Waals surface area contributed by atoms with Crippen molar-refractivity contribution in [2.45, 2.75) is 32.9 Å². The molecule has 0 aliphatic rings. The molecule has 0 bridgehead atoms. The van der Waals surface area contributed by atoms with Crippen LogP contribution in [0.15, 0.2) is 0 Å². The summed E-state index contributed by atoms with van der Waals surface area (Å²) in [5.74, 6) is 0. The van der Waals surface area contributed by atoms with Gasteiger partial charge in [-0.05, 0) is 6.42 Å². The highest BCUT2D eigenvalue weighted by molar-refractivity contribution is 7.59. The van der Waals surface area contributed by atoms with Gasteiger partial charge in [-0.25, -0.2) is 0 Å². The van der Waals surface area contributed by atoms with E-state index in [1.165, 1.54) is 6.92 Å². The van der Waals surface area contributed by atoms with Crippen LogP contribution in [-0.4, -0.2) is 25.1 Å². The maximum absolute atomic E-state index is 12.0. The van der Waals surface area contributed by atoms with Crippen LogP contribution in [-0.2, 0) is 9.09 Å². The summed E-state index contributed by atoms with van der Waals surface area (Å²) < 4.78 is 52.3. The summed E-state index contributed by atoms with van der Waals surface area (Å²) in [5.41, 5.74) is 0. The van der Waals surface area contributed by atoms with Crippen molar-refractivity contribution < 1.29 is 22.3 Å². The third kappa shape index (κ3) is 6.44. The minimum absolute atomic E-state index is 0.0593. The normalized spacial score (nSPS) is 16.6. The summed E-state index contributed by atoms with van der Waals surface area (Å²) in [6.07, 6.45) is -4.31. The zero-order valence-corrected chi connectivity index (χ0v) is 9.33. The Hall–Kier alpha value is -0.0200. The van der Waals surface area contributed by atoms with Gasteiger partial charge in [0.1, 0.15) is 6.16 Å². The molecule has 1 atom stereocenters. The predicted molar refractivity (Wildman–Crippen MR) is 49.9 cm³/mol. The van der Waals surface area contributed by atoms with Gasteiger partial charge in [-0.15, -0.1) is 0 Å². The highest BCUT2D eigenvalue weighted by atomic mass is 31.2. The summed E-state index contributed by atoms with van der Waals surface area (Å²) in [6.45, 7) is 3.50. The van der Waals surface area contributed by atoms with E-state index in [1.54, 1.807) is 0 Å². The van der Waals surface area contributed by atoms with Crippen LogP contribution >= 0.6 is 7.37 Å². The fraction of sp³-hybridized carbons (Fsp3) is 1.00. The van der Waals surface area contributed by atoms with E-state index in [0.29, 0.717) is 6.42 Å². The molecule has 6 heteroatoms. The van der Waals surface area contributed by atoms with Crippen LogP contribution in [0, 0.1) is 0 Å². The molecular weight excluding hydrogens is 216 g/mol. The lowest BCUT2D eigenvalue weighted by atomic mass is 10.4. The van der Waals surface area contributed by atoms with Crippen LogP contribution in [0.2, 0.25) is 0 Å². The molecule has 0 amide bonds. The van der Waals surface area contributed by atoms with E-state index in [0.717, 1.165) is 6.42 Å². The molecule has 86 valence electrons. The largest absolute Gasteiger partial charge is 0.397 e. The fourth-order valence-corrected chi connectivity index (χ4v) is 2.40. The number of unbranched alkanes of at least 4 members (excludes halogenated alkanes) is 1. The van der Waals surface area contributed by atoms with Gasteiger partial charge in [0.2, 0.25) is 7.37 Å². The van der Waals surface area contributed by atoms with Gasteiger partial charge in [0.25, 0.3) is 0 Å². The zero-order chi connectivity index (χ0) is 11.2.